The minimum atomic E-state index is 0. The van der Waals surface area contributed by atoms with Crippen molar-refractivity contribution in [3.8, 4) is 5.75 Å². The fourth-order valence-electron chi connectivity index (χ4n) is 1.79. The minimum absolute atomic E-state index is 0. The molecule has 0 saturated heterocycles. The van der Waals surface area contributed by atoms with Crippen LogP contribution in [0.1, 0.15) is 24.8 Å². The molecule has 0 aliphatic rings. The summed E-state index contributed by atoms with van der Waals surface area (Å²) >= 11 is 0. The molecule has 1 unspecified atom stereocenters. The summed E-state index contributed by atoms with van der Waals surface area (Å²) in [6, 6.07) is 8.25. The second kappa shape index (κ2) is 9.89. The van der Waals surface area contributed by atoms with Crippen LogP contribution in [-0.2, 0) is 0 Å². The van der Waals surface area contributed by atoms with Gasteiger partial charge in [-0.1, -0.05) is 19.1 Å². The van der Waals surface area contributed by atoms with Gasteiger partial charge in [0.05, 0.1) is 7.11 Å². The SMILES string of the molecule is CN=C(NC)NCCC(C)c1ccc(OC)cc1.I. The van der Waals surface area contributed by atoms with E-state index in [-0.39, 0.29) is 24.0 Å². The summed E-state index contributed by atoms with van der Waals surface area (Å²) in [4.78, 5) is 4.08. The molecule has 2 N–H and O–H groups in total. The normalized spacial score (nSPS) is 12.3. The van der Waals surface area contributed by atoms with Crippen molar-refractivity contribution in [1.82, 2.24) is 10.6 Å². The molecule has 1 aromatic rings. The van der Waals surface area contributed by atoms with Crippen LogP contribution in [0.25, 0.3) is 0 Å². The molecule has 0 aliphatic carbocycles. The highest BCUT2D eigenvalue weighted by molar-refractivity contribution is 14.0. The van der Waals surface area contributed by atoms with Crippen LogP contribution in [0.5, 0.6) is 5.75 Å². The number of halogens is 1. The van der Waals surface area contributed by atoms with Crippen molar-refractivity contribution in [2.24, 2.45) is 4.99 Å². The number of rotatable bonds is 5. The van der Waals surface area contributed by atoms with Crippen molar-refractivity contribution >= 4 is 29.9 Å². The van der Waals surface area contributed by atoms with Gasteiger partial charge >= 0.3 is 0 Å². The van der Waals surface area contributed by atoms with Crippen LogP contribution in [0, 0.1) is 0 Å². The lowest BCUT2D eigenvalue weighted by Gasteiger charge is -2.14. The molecule has 0 amide bonds. The van der Waals surface area contributed by atoms with E-state index in [0.29, 0.717) is 5.92 Å². The molecule has 0 heterocycles. The number of hydrogen-bond donors (Lipinski definition) is 2. The molecule has 0 aliphatic heterocycles. The third kappa shape index (κ3) is 6.13. The van der Waals surface area contributed by atoms with Gasteiger partial charge in [0, 0.05) is 20.6 Å². The monoisotopic (exact) mass is 377 g/mol. The lowest BCUT2D eigenvalue weighted by molar-refractivity contribution is 0.414. The van der Waals surface area contributed by atoms with Crippen molar-refractivity contribution in [2.45, 2.75) is 19.3 Å². The third-order valence-electron chi connectivity index (χ3n) is 3.02. The van der Waals surface area contributed by atoms with E-state index in [1.807, 2.05) is 19.2 Å². The van der Waals surface area contributed by atoms with Gasteiger partial charge in [0.1, 0.15) is 5.75 Å². The number of nitrogens with zero attached hydrogens (tertiary/aromatic N) is 1. The van der Waals surface area contributed by atoms with Crippen molar-refractivity contribution in [3.63, 3.8) is 0 Å². The molecule has 0 bridgehead atoms. The van der Waals surface area contributed by atoms with Crippen molar-refractivity contribution in [3.05, 3.63) is 29.8 Å². The Labute approximate surface area is 133 Å². The predicted octanol–water partition coefficient (Wildman–Crippen LogP) is 2.60. The summed E-state index contributed by atoms with van der Waals surface area (Å²) < 4.78 is 5.15. The Hall–Kier alpha value is -0.980. The summed E-state index contributed by atoms with van der Waals surface area (Å²) in [7, 11) is 5.32. The molecular weight excluding hydrogens is 353 g/mol. The number of benzene rings is 1. The Morgan fingerprint density at radius 2 is 1.95 bits per heavy atom. The summed E-state index contributed by atoms with van der Waals surface area (Å²) in [6.45, 7) is 3.13. The summed E-state index contributed by atoms with van der Waals surface area (Å²) in [5, 5.41) is 6.26. The summed E-state index contributed by atoms with van der Waals surface area (Å²) in [6.07, 6.45) is 1.06. The van der Waals surface area contributed by atoms with E-state index >= 15 is 0 Å². The van der Waals surface area contributed by atoms with Crippen molar-refractivity contribution in [2.75, 3.05) is 27.7 Å². The second-order valence-electron chi connectivity index (χ2n) is 4.21. The Balaban J connectivity index is 0.00000324. The van der Waals surface area contributed by atoms with Crippen LogP contribution in [0.2, 0.25) is 0 Å². The van der Waals surface area contributed by atoms with Gasteiger partial charge in [-0.3, -0.25) is 4.99 Å². The summed E-state index contributed by atoms with van der Waals surface area (Å²) in [5.41, 5.74) is 1.33. The highest BCUT2D eigenvalue weighted by atomic mass is 127. The summed E-state index contributed by atoms with van der Waals surface area (Å²) in [5.74, 6) is 2.25. The Morgan fingerprint density at radius 3 is 2.42 bits per heavy atom. The average Bonchev–Trinajstić information content (AvgIpc) is 2.43. The van der Waals surface area contributed by atoms with Gasteiger partial charge in [-0.25, -0.2) is 0 Å². The number of hydrogen-bond acceptors (Lipinski definition) is 2. The van der Waals surface area contributed by atoms with Crippen molar-refractivity contribution < 1.29 is 4.74 Å². The zero-order valence-electron chi connectivity index (χ0n) is 12.1. The number of methoxy groups -OCH3 is 1. The van der Waals surface area contributed by atoms with E-state index in [4.69, 9.17) is 4.74 Å². The fourth-order valence-corrected chi connectivity index (χ4v) is 1.79. The molecule has 1 rings (SSSR count). The molecule has 0 saturated carbocycles. The van der Waals surface area contributed by atoms with Crippen LogP contribution < -0.4 is 15.4 Å². The predicted molar refractivity (Wildman–Crippen MR) is 91.9 cm³/mol. The maximum atomic E-state index is 5.15. The van der Waals surface area contributed by atoms with Crippen LogP contribution in [0.4, 0.5) is 0 Å². The number of guanidine groups is 1. The van der Waals surface area contributed by atoms with Crippen molar-refractivity contribution in [1.29, 1.82) is 0 Å². The van der Waals surface area contributed by atoms with Gasteiger partial charge in [-0.2, -0.15) is 0 Å². The molecule has 0 aromatic heterocycles. The maximum Gasteiger partial charge on any atom is 0.190 e. The van der Waals surface area contributed by atoms with Crippen LogP contribution in [0.15, 0.2) is 29.3 Å². The molecule has 19 heavy (non-hydrogen) atoms. The van der Waals surface area contributed by atoms with Gasteiger partial charge in [0.15, 0.2) is 5.96 Å². The molecule has 1 aromatic carbocycles. The van der Waals surface area contributed by atoms with Gasteiger partial charge in [-0.15, -0.1) is 24.0 Å². The minimum Gasteiger partial charge on any atom is -0.497 e. The van der Waals surface area contributed by atoms with E-state index < -0.39 is 0 Å². The zero-order valence-corrected chi connectivity index (χ0v) is 14.4. The molecule has 108 valence electrons. The Bertz CT molecular complexity index is 379. The smallest absolute Gasteiger partial charge is 0.190 e. The molecule has 0 spiro atoms. The topological polar surface area (TPSA) is 45.7 Å². The first-order valence-corrected chi connectivity index (χ1v) is 6.23. The van der Waals surface area contributed by atoms with E-state index in [9.17, 15) is 0 Å². The highest BCUT2D eigenvalue weighted by Crippen LogP contribution is 2.21. The van der Waals surface area contributed by atoms with Gasteiger partial charge < -0.3 is 15.4 Å². The van der Waals surface area contributed by atoms with Gasteiger partial charge in [0.2, 0.25) is 0 Å². The first kappa shape index (κ1) is 18.0. The maximum absolute atomic E-state index is 5.15. The number of aliphatic imine (C=N–C) groups is 1. The molecule has 0 radical (unpaired) electrons. The molecule has 0 fully saturated rings. The molecule has 1 atom stereocenters. The lowest BCUT2D eigenvalue weighted by atomic mass is 9.98. The van der Waals surface area contributed by atoms with E-state index in [1.54, 1.807) is 14.2 Å². The van der Waals surface area contributed by atoms with E-state index in [1.165, 1.54) is 5.56 Å². The standard InChI is InChI=1S/C14H23N3O.HI/c1-11(9-10-17-14(15-2)16-3)12-5-7-13(18-4)8-6-12;/h5-8,11H,9-10H2,1-4H3,(H2,15,16,17);1H. The molecule has 4 nitrogen and oxygen atoms in total. The molecular formula is C14H24IN3O. The van der Waals surface area contributed by atoms with Gasteiger partial charge in [-0.05, 0) is 30.0 Å². The number of nitrogens with one attached hydrogen (secondary N) is 2. The number of ether oxygens (including phenoxy) is 1. The van der Waals surface area contributed by atoms with E-state index in [0.717, 1.165) is 24.7 Å². The molecule has 5 heteroatoms. The Kier molecular flexibility index (Phi) is 9.38. The Morgan fingerprint density at radius 1 is 1.32 bits per heavy atom. The first-order valence-electron chi connectivity index (χ1n) is 6.23. The average molecular weight is 377 g/mol. The first-order chi connectivity index (χ1) is 8.71. The van der Waals surface area contributed by atoms with Crippen LogP contribution in [-0.4, -0.2) is 33.7 Å². The van der Waals surface area contributed by atoms with E-state index in [2.05, 4.69) is 34.7 Å². The largest absolute Gasteiger partial charge is 0.497 e. The highest BCUT2D eigenvalue weighted by Gasteiger charge is 2.05. The lowest BCUT2D eigenvalue weighted by Crippen LogP contribution is -2.35. The third-order valence-corrected chi connectivity index (χ3v) is 3.02. The van der Waals surface area contributed by atoms with Crippen LogP contribution in [0.3, 0.4) is 0 Å². The second-order valence-corrected chi connectivity index (χ2v) is 4.21. The van der Waals surface area contributed by atoms with Gasteiger partial charge in [0.25, 0.3) is 0 Å². The zero-order chi connectivity index (χ0) is 13.4. The van der Waals surface area contributed by atoms with Crippen LogP contribution >= 0.6 is 24.0 Å². The fraction of sp³-hybridized carbons (Fsp3) is 0.500. The quantitative estimate of drug-likeness (QED) is 0.471.